The average molecular weight is 327 g/mol. The van der Waals surface area contributed by atoms with Crippen LogP contribution in [0.3, 0.4) is 0 Å². The Labute approximate surface area is 117 Å². The third kappa shape index (κ3) is 3.47. The molecular weight excluding hydrogens is 316 g/mol. The summed E-state index contributed by atoms with van der Waals surface area (Å²) >= 11 is 3.37. The number of halogens is 1. The fourth-order valence-corrected chi connectivity index (χ4v) is 1.94. The number of nitrogens with zero attached hydrogens (tertiary/aromatic N) is 1. The second-order valence-electron chi connectivity index (χ2n) is 3.72. The standard InChI is InChI=1S/C12H11BrN2O4/c1-18-9-3-7(13)2-8(4-9)14-6-10-5-11(12(16)17)15-19-10/h2-5,14H,6H2,1H3,(H,16,17). The number of methoxy groups -OCH3 is 1. The van der Waals surface area contributed by atoms with Gasteiger partial charge in [0.15, 0.2) is 11.5 Å². The SMILES string of the molecule is COc1cc(Br)cc(NCc2cc(C(=O)O)no2)c1. The Morgan fingerprint density at radius 3 is 2.89 bits per heavy atom. The Morgan fingerprint density at radius 2 is 2.26 bits per heavy atom. The molecule has 0 radical (unpaired) electrons. The molecule has 0 bridgehead atoms. The highest BCUT2D eigenvalue weighted by atomic mass is 79.9. The number of rotatable bonds is 5. The summed E-state index contributed by atoms with van der Waals surface area (Å²) in [4.78, 5) is 10.7. The van der Waals surface area contributed by atoms with Crippen molar-refractivity contribution in [3.8, 4) is 5.75 Å². The third-order valence-corrected chi connectivity index (χ3v) is 2.81. The quantitative estimate of drug-likeness (QED) is 0.878. The van der Waals surface area contributed by atoms with Crippen LogP contribution in [0.25, 0.3) is 0 Å². The Morgan fingerprint density at radius 1 is 1.47 bits per heavy atom. The Hall–Kier alpha value is -2.02. The highest BCUT2D eigenvalue weighted by molar-refractivity contribution is 9.10. The van der Waals surface area contributed by atoms with E-state index in [9.17, 15) is 4.79 Å². The summed E-state index contributed by atoms with van der Waals surface area (Å²) in [5, 5.41) is 15.2. The van der Waals surface area contributed by atoms with Gasteiger partial charge >= 0.3 is 5.97 Å². The molecule has 0 aliphatic heterocycles. The largest absolute Gasteiger partial charge is 0.497 e. The van der Waals surface area contributed by atoms with Gasteiger partial charge in [0.1, 0.15) is 5.75 Å². The van der Waals surface area contributed by atoms with E-state index < -0.39 is 5.97 Å². The van der Waals surface area contributed by atoms with Crippen LogP contribution in [-0.2, 0) is 6.54 Å². The molecular formula is C12H11BrN2O4. The van der Waals surface area contributed by atoms with Crippen LogP contribution in [0.15, 0.2) is 33.3 Å². The molecule has 0 saturated heterocycles. The monoisotopic (exact) mass is 326 g/mol. The average Bonchev–Trinajstić information content (AvgIpc) is 2.84. The summed E-state index contributed by atoms with van der Waals surface area (Å²) in [6, 6.07) is 6.91. The molecule has 1 heterocycles. The number of aromatic carboxylic acids is 1. The minimum absolute atomic E-state index is 0.108. The highest BCUT2D eigenvalue weighted by Crippen LogP contribution is 2.24. The Bertz CT molecular complexity index is 597. The first-order valence-electron chi connectivity index (χ1n) is 5.36. The van der Waals surface area contributed by atoms with Crippen LogP contribution in [0.1, 0.15) is 16.2 Å². The summed E-state index contributed by atoms with van der Waals surface area (Å²) < 4.78 is 10.9. The third-order valence-electron chi connectivity index (χ3n) is 2.35. The van der Waals surface area contributed by atoms with Gasteiger partial charge in [-0.1, -0.05) is 21.1 Å². The first-order chi connectivity index (χ1) is 9.08. The smallest absolute Gasteiger partial charge is 0.358 e. The second-order valence-corrected chi connectivity index (χ2v) is 4.63. The van der Waals surface area contributed by atoms with Gasteiger partial charge in [-0.2, -0.15) is 0 Å². The van der Waals surface area contributed by atoms with Crippen molar-refractivity contribution in [3.05, 3.63) is 40.2 Å². The highest BCUT2D eigenvalue weighted by Gasteiger charge is 2.10. The zero-order chi connectivity index (χ0) is 13.8. The van der Waals surface area contributed by atoms with Crippen molar-refractivity contribution < 1.29 is 19.2 Å². The van der Waals surface area contributed by atoms with Gasteiger partial charge in [-0.05, 0) is 12.1 Å². The van der Waals surface area contributed by atoms with E-state index in [0.717, 1.165) is 10.2 Å². The number of carboxylic acid groups (broad SMARTS) is 1. The molecule has 0 aliphatic rings. The number of aromatic nitrogens is 1. The molecule has 1 aromatic carbocycles. The molecule has 6 nitrogen and oxygen atoms in total. The maximum absolute atomic E-state index is 10.7. The number of carboxylic acids is 1. The number of nitrogens with one attached hydrogen (secondary N) is 1. The number of ether oxygens (including phenoxy) is 1. The number of benzene rings is 1. The van der Waals surface area contributed by atoms with Crippen LogP contribution in [0, 0.1) is 0 Å². The lowest BCUT2D eigenvalue weighted by Crippen LogP contribution is -1.99. The minimum atomic E-state index is -1.11. The van der Waals surface area contributed by atoms with Crippen molar-refractivity contribution in [1.82, 2.24) is 5.16 Å². The molecule has 7 heteroatoms. The Balaban J connectivity index is 2.05. The molecule has 100 valence electrons. The zero-order valence-electron chi connectivity index (χ0n) is 10.0. The van der Waals surface area contributed by atoms with Gasteiger partial charge in [0, 0.05) is 22.3 Å². The van der Waals surface area contributed by atoms with Gasteiger partial charge < -0.3 is 19.7 Å². The zero-order valence-corrected chi connectivity index (χ0v) is 11.6. The number of anilines is 1. The fraction of sp³-hybridized carbons (Fsp3) is 0.167. The first kappa shape index (κ1) is 13.4. The van der Waals surface area contributed by atoms with Crippen molar-refractivity contribution >= 4 is 27.6 Å². The molecule has 2 N–H and O–H groups in total. The molecule has 19 heavy (non-hydrogen) atoms. The van der Waals surface area contributed by atoms with E-state index in [2.05, 4.69) is 26.4 Å². The fourth-order valence-electron chi connectivity index (χ4n) is 1.47. The van der Waals surface area contributed by atoms with Gasteiger partial charge in [0.25, 0.3) is 0 Å². The van der Waals surface area contributed by atoms with Gasteiger partial charge in [-0.15, -0.1) is 0 Å². The van der Waals surface area contributed by atoms with Crippen molar-refractivity contribution in [2.75, 3.05) is 12.4 Å². The molecule has 0 saturated carbocycles. The van der Waals surface area contributed by atoms with E-state index in [1.807, 2.05) is 18.2 Å². The van der Waals surface area contributed by atoms with Crippen LogP contribution >= 0.6 is 15.9 Å². The van der Waals surface area contributed by atoms with Crippen LogP contribution in [0.2, 0.25) is 0 Å². The molecule has 0 fully saturated rings. The van der Waals surface area contributed by atoms with E-state index in [-0.39, 0.29) is 5.69 Å². The van der Waals surface area contributed by atoms with E-state index >= 15 is 0 Å². The number of hydrogen-bond donors (Lipinski definition) is 2. The van der Waals surface area contributed by atoms with E-state index in [1.54, 1.807) is 7.11 Å². The minimum Gasteiger partial charge on any atom is -0.497 e. The predicted molar refractivity (Wildman–Crippen MR) is 71.5 cm³/mol. The molecule has 0 aliphatic carbocycles. The van der Waals surface area contributed by atoms with E-state index in [4.69, 9.17) is 14.4 Å². The lowest BCUT2D eigenvalue weighted by Gasteiger charge is -2.07. The molecule has 0 unspecified atom stereocenters. The summed E-state index contributed by atoms with van der Waals surface area (Å²) in [7, 11) is 1.58. The van der Waals surface area contributed by atoms with Gasteiger partial charge in [0.05, 0.1) is 13.7 Å². The normalized spacial score (nSPS) is 10.2. The van der Waals surface area contributed by atoms with Gasteiger partial charge in [-0.25, -0.2) is 4.79 Å². The molecule has 0 amide bonds. The lowest BCUT2D eigenvalue weighted by molar-refractivity contribution is 0.0685. The van der Waals surface area contributed by atoms with Crippen LogP contribution in [0.4, 0.5) is 5.69 Å². The van der Waals surface area contributed by atoms with Crippen molar-refractivity contribution in [3.63, 3.8) is 0 Å². The topological polar surface area (TPSA) is 84.6 Å². The molecule has 0 atom stereocenters. The summed E-state index contributed by atoms with van der Waals surface area (Å²) in [6.07, 6.45) is 0. The predicted octanol–water partition coefficient (Wildman–Crippen LogP) is 2.76. The first-order valence-corrected chi connectivity index (χ1v) is 6.15. The van der Waals surface area contributed by atoms with Gasteiger partial charge in [0.2, 0.25) is 0 Å². The second kappa shape index (κ2) is 5.75. The molecule has 0 spiro atoms. The maximum atomic E-state index is 10.7. The van der Waals surface area contributed by atoms with Crippen LogP contribution in [0.5, 0.6) is 5.75 Å². The summed E-state index contributed by atoms with van der Waals surface area (Å²) in [6.45, 7) is 0.333. The summed E-state index contributed by atoms with van der Waals surface area (Å²) in [5.74, 6) is 0.0381. The maximum Gasteiger partial charge on any atom is 0.358 e. The molecule has 2 rings (SSSR count). The van der Waals surface area contributed by atoms with E-state index in [1.165, 1.54) is 6.07 Å². The van der Waals surface area contributed by atoms with Gasteiger partial charge in [-0.3, -0.25) is 0 Å². The van der Waals surface area contributed by atoms with Crippen molar-refractivity contribution in [2.45, 2.75) is 6.54 Å². The van der Waals surface area contributed by atoms with Crippen molar-refractivity contribution in [2.24, 2.45) is 0 Å². The Kier molecular flexibility index (Phi) is 4.06. The number of hydrogen-bond acceptors (Lipinski definition) is 5. The van der Waals surface area contributed by atoms with E-state index in [0.29, 0.717) is 18.1 Å². The molecule has 1 aromatic heterocycles. The van der Waals surface area contributed by atoms with Crippen LogP contribution in [-0.4, -0.2) is 23.3 Å². The number of carbonyl (C=O) groups is 1. The summed E-state index contributed by atoms with van der Waals surface area (Å²) in [5.41, 5.74) is 0.711. The van der Waals surface area contributed by atoms with Crippen LogP contribution < -0.4 is 10.1 Å². The molecule has 2 aromatic rings. The lowest BCUT2D eigenvalue weighted by atomic mass is 10.3. The van der Waals surface area contributed by atoms with Crippen molar-refractivity contribution in [1.29, 1.82) is 0 Å².